The minimum Gasteiger partial charge on any atom is -0.494 e. The highest BCUT2D eigenvalue weighted by atomic mass is 16.5. The summed E-state index contributed by atoms with van der Waals surface area (Å²) in [6.45, 7) is 5.17. The SMILES string of the molecule is CCCOC1C2=CNc3ccccc3N2C(=O)N1c1ccc(OCC)cc1. The number of urea groups is 1. The summed E-state index contributed by atoms with van der Waals surface area (Å²) >= 11 is 0. The van der Waals surface area contributed by atoms with Gasteiger partial charge in [-0.2, -0.15) is 0 Å². The highest BCUT2D eigenvalue weighted by Crippen LogP contribution is 2.41. The summed E-state index contributed by atoms with van der Waals surface area (Å²) in [5.74, 6) is 0.780. The van der Waals surface area contributed by atoms with Crippen LogP contribution in [0, 0.1) is 0 Å². The van der Waals surface area contributed by atoms with Crippen LogP contribution < -0.4 is 19.9 Å². The van der Waals surface area contributed by atoms with E-state index in [1.807, 2.05) is 61.7 Å². The van der Waals surface area contributed by atoms with Crippen molar-refractivity contribution in [1.29, 1.82) is 0 Å². The van der Waals surface area contributed by atoms with Gasteiger partial charge in [-0.1, -0.05) is 19.1 Å². The lowest BCUT2D eigenvalue weighted by Gasteiger charge is -2.25. The molecule has 2 amide bonds. The Morgan fingerprint density at radius 1 is 1.07 bits per heavy atom. The van der Waals surface area contributed by atoms with Gasteiger partial charge in [-0.3, -0.25) is 9.80 Å². The monoisotopic (exact) mass is 365 g/mol. The van der Waals surface area contributed by atoms with E-state index in [4.69, 9.17) is 9.47 Å². The number of hydrogen-bond donors (Lipinski definition) is 1. The van der Waals surface area contributed by atoms with Gasteiger partial charge in [-0.05, 0) is 49.7 Å². The molecule has 4 rings (SSSR count). The second-order valence-corrected chi connectivity index (χ2v) is 6.37. The molecule has 1 N–H and O–H groups in total. The van der Waals surface area contributed by atoms with Gasteiger partial charge >= 0.3 is 6.03 Å². The van der Waals surface area contributed by atoms with Crippen LogP contribution in [0.4, 0.5) is 21.9 Å². The topological polar surface area (TPSA) is 54.0 Å². The first-order chi connectivity index (χ1) is 13.2. The maximum atomic E-state index is 13.4. The molecule has 0 aromatic heterocycles. The van der Waals surface area contributed by atoms with Gasteiger partial charge in [-0.25, -0.2) is 4.79 Å². The largest absolute Gasteiger partial charge is 0.494 e. The maximum absolute atomic E-state index is 13.4. The van der Waals surface area contributed by atoms with Gasteiger partial charge in [0.2, 0.25) is 0 Å². The van der Waals surface area contributed by atoms with Crippen molar-refractivity contribution in [3.63, 3.8) is 0 Å². The predicted octanol–water partition coefficient (Wildman–Crippen LogP) is 4.55. The van der Waals surface area contributed by atoms with Crippen LogP contribution in [0.25, 0.3) is 0 Å². The number of anilines is 3. The molecule has 2 aliphatic rings. The Kier molecular flexibility index (Phi) is 4.73. The first kappa shape index (κ1) is 17.4. The summed E-state index contributed by atoms with van der Waals surface area (Å²) in [6.07, 6.45) is 2.25. The zero-order valence-electron chi connectivity index (χ0n) is 15.5. The maximum Gasteiger partial charge on any atom is 0.336 e. The van der Waals surface area contributed by atoms with Gasteiger partial charge in [0.05, 0.1) is 23.7 Å². The molecular weight excluding hydrogens is 342 g/mol. The van der Waals surface area contributed by atoms with Gasteiger partial charge in [0.1, 0.15) is 5.75 Å². The number of amides is 2. The number of rotatable bonds is 6. The molecule has 0 aliphatic carbocycles. The number of ether oxygens (including phenoxy) is 2. The number of para-hydroxylation sites is 2. The first-order valence-corrected chi connectivity index (χ1v) is 9.28. The molecule has 2 aromatic rings. The number of fused-ring (bicyclic) bond motifs is 3. The molecule has 0 saturated carbocycles. The Morgan fingerprint density at radius 2 is 1.85 bits per heavy atom. The van der Waals surface area contributed by atoms with E-state index in [9.17, 15) is 4.79 Å². The van der Waals surface area contributed by atoms with Gasteiger partial charge in [0.15, 0.2) is 6.23 Å². The summed E-state index contributed by atoms with van der Waals surface area (Å²) in [7, 11) is 0. The zero-order valence-corrected chi connectivity index (χ0v) is 15.5. The van der Waals surface area contributed by atoms with Crippen LogP contribution in [0.2, 0.25) is 0 Å². The van der Waals surface area contributed by atoms with Crippen molar-refractivity contribution in [3.8, 4) is 5.75 Å². The second-order valence-electron chi connectivity index (χ2n) is 6.37. The molecule has 0 radical (unpaired) electrons. The number of nitrogens with zero attached hydrogens (tertiary/aromatic N) is 2. The molecule has 2 aromatic carbocycles. The van der Waals surface area contributed by atoms with E-state index in [1.54, 1.807) is 9.80 Å². The smallest absolute Gasteiger partial charge is 0.336 e. The molecule has 6 heteroatoms. The summed E-state index contributed by atoms with van der Waals surface area (Å²) in [5.41, 5.74) is 3.30. The fourth-order valence-corrected chi connectivity index (χ4v) is 3.39. The molecular formula is C21H23N3O3. The molecule has 1 unspecified atom stereocenters. The van der Waals surface area contributed by atoms with Gasteiger partial charge in [-0.15, -0.1) is 0 Å². The van der Waals surface area contributed by atoms with Crippen LogP contribution in [-0.2, 0) is 4.74 Å². The number of carbonyl (C=O) groups is 1. The van der Waals surface area contributed by atoms with Crippen molar-refractivity contribution in [2.45, 2.75) is 26.5 Å². The molecule has 0 bridgehead atoms. The van der Waals surface area contributed by atoms with E-state index >= 15 is 0 Å². The lowest BCUT2D eigenvalue weighted by atomic mass is 10.2. The fourth-order valence-electron chi connectivity index (χ4n) is 3.39. The van der Waals surface area contributed by atoms with Crippen molar-refractivity contribution >= 4 is 23.1 Å². The zero-order chi connectivity index (χ0) is 18.8. The van der Waals surface area contributed by atoms with Crippen LogP contribution >= 0.6 is 0 Å². The summed E-state index contributed by atoms with van der Waals surface area (Å²) in [6, 6.07) is 15.2. The molecule has 1 fully saturated rings. The third kappa shape index (κ3) is 3.02. The number of benzene rings is 2. The van der Waals surface area contributed by atoms with Gasteiger partial charge in [0, 0.05) is 18.5 Å². The lowest BCUT2D eigenvalue weighted by Crippen LogP contribution is -2.36. The van der Waals surface area contributed by atoms with E-state index in [0.717, 1.165) is 34.9 Å². The molecule has 1 atom stereocenters. The molecule has 27 heavy (non-hydrogen) atoms. The quantitative estimate of drug-likeness (QED) is 0.816. The van der Waals surface area contributed by atoms with Crippen molar-refractivity contribution < 1.29 is 14.3 Å². The Labute approximate surface area is 159 Å². The lowest BCUT2D eigenvalue weighted by molar-refractivity contribution is 0.0864. The van der Waals surface area contributed by atoms with Crippen LogP contribution in [0.15, 0.2) is 60.4 Å². The van der Waals surface area contributed by atoms with E-state index in [-0.39, 0.29) is 6.03 Å². The van der Waals surface area contributed by atoms with Crippen molar-refractivity contribution in [1.82, 2.24) is 0 Å². The average Bonchev–Trinajstić information content (AvgIpc) is 2.99. The number of carbonyl (C=O) groups excluding carboxylic acids is 1. The Morgan fingerprint density at radius 3 is 2.59 bits per heavy atom. The van der Waals surface area contributed by atoms with Crippen molar-refractivity contribution in [3.05, 3.63) is 60.4 Å². The van der Waals surface area contributed by atoms with E-state index in [2.05, 4.69) is 12.2 Å². The van der Waals surface area contributed by atoms with Crippen LogP contribution in [0.3, 0.4) is 0 Å². The van der Waals surface area contributed by atoms with Crippen LogP contribution in [0.5, 0.6) is 5.75 Å². The third-order valence-corrected chi connectivity index (χ3v) is 4.57. The first-order valence-electron chi connectivity index (χ1n) is 9.28. The Balaban J connectivity index is 1.73. The molecule has 1 saturated heterocycles. The molecule has 0 spiro atoms. The Hall–Kier alpha value is -2.99. The van der Waals surface area contributed by atoms with Crippen LogP contribution in [0.1, 0.15) is 20.3 Å². The molecule has 2 heterocycles. The highest BCUT2D eigenvalue weighted by Gasteiger charge is 2.46. The summed E-state index contributed by atoms with van der Waals surface area (Å²) in [4.78, 5) is 16.8. The van der Waals surface area contributed by atoms with E-state index < -0.39 is 6.23 Å². The average molecular weight is 365 g/mol. The molecule has 140 valence electrons. The number of hydrogen-bond acceptors (Lipinski definition) is 4. The van der Waals surface area contributed by atoms with Crippen molar-refractivity contribution in [2.75, 3.05) is 28.3 Å². The Bertz CT molecular complexity index is 863. The highest BCUT2D eigenvalue weighted by molar-refractivity contribution is 6.12. The summed E-state index contributed by atoms with van der Waals surface area (Å²) in [5, 5.41) is 3.28. The van der Waals surface area contributed by atoms with Gasteiger partial charge in [0.25, 0.3) is 0 Å². The van der Waals surface area contributed by atoms with E-state index in [0.29, 0.717) is 13.2 Å². The second kappa shape index (κ2) is 7.32. The van der Waals surface area contributed by atoms with Crippen LogP contribution in [-0.4, -0.2) is 25.5 Å². The predicted molar refractivity (Wildman–Crippen MR) is 106 cm³/mol. The minimum absolute atomic E-state index is 0.125. The standard InChI is InChI=1S/C21H23N3O3/c1-3-13-27-20-19-14-22-17-7-5-6-8-18(17)24(19)21(25)23(20)15-9-11-16(12-10-15)26-4-2/h5-12,14,20,22H,3-4,13H2,1-2H3. The van der Waals surface area contributed by atoms with Crippen molar-refractivity contribution in [2.24, 2.45) is 0 Å². The van der Waals surface area contributed by atoms with Gasteiger partial charge < -0.3 is 14.8 Å². The van der Waals surface area contributed by atoms with E-state index in [1.165, 1.54) is 0 Å². The molecule has 6 nitrogen and oxygen atoms in total. The normalized spacial score (nSPS) is 17.9. The molecule has 2 aliphatic heterocycles. The fraction of sp³-hybridized carbons (Fsp3) is 0.286. The minimum atomic E-state index is -0.476. The number of nitrogens with one attached hydrogen (secondary N) is 1. The third-order valence-electron chi connectivity index (χ3n) is 4.57. The summed E-state index contributed by atoms with van der Waals surface area (Å²) < 4.78 is 11.6.